The maximum Gasteiger partial charge on any atom is 0.291 e. The summed E-state index contributed by atoms with van der Waals surface area (Å²) in [5.74, 6) is 0.822. The maximum absolute atomic E-state index is 12.3. The zero-order valence-electron chi connectivity index (χ0n) is 10.5. The number of aromatic amines is 1. The highest BCUT2D eigenvalue weighted by Gasteiger charge is 2.29. The molecule has 1 N–H and O–H groups in total. The van der Waals surface area contributed by atoms with Crippen molar-refractivity contribution in [3.63, 3.8) is 0 Å². The fourth-order valence-electron chi connectivity index (χ4n) is 2.45. The average Bonchev–Trinajstić information content (AvgIpc) is 2.96. The van der Waals surface area contributed by atoms with Gasteiger partial charge in [-0.15, -0.1) is 0 Å². The molecule has 0 unspecified atom stereocenters. The van der Waals surface area contributed by atoms with Gasteiger partial charge in [-0.25, -0.2) is 4.98 Å². The summed E-state index contributed by atoms with van der Waals surface area (Å²) in [4.78, 5) is 18.2. The van der Waals surface area contributed by atoms with Crippen molar-refractivity contribution in [3.8, 4) is 0 Å². The van der Waals surface area contributed by atoms with E-state index in [0.29, 0.717) is 17.8 Å². The van der Waals surface area contributed by atoms with Crippen molar-refractivity contribution in [1.29, 1.82) is 0 Å². The van der Waals surface area contributed by atoms with Crippen LogP contribution in [-0.4, -0.2) is 38.6 Å². The Balaban J connectivity index is 2.11. The lowest BCUT2D eigenvalue weighted by molar-refractivity contribution is 0.0643. The summed E-state index contributed by atoms with van der Waals surface area (Å²) in [6.07, 6.45) is 6.07. The van der Waals surface area contributed by atoms with Crippen molar-refractivity contribution >= 4 is 5.91 Å². The minimum absolute atomic E-state index is 0.0110. The lowest BCUT2D eigenvalue weighted by Gasteiger charge is -2.29. The number of aromatic nitrogens is 3. The van der Waals surface area contributed by atoms with Crippen molar-refractivity contribution in [2.75, 3.05) is 6.54 Å². The number of rotatable bonds is 4. The van der Waals surface area contributed by atoms with Crippen LogP contribution in [0.2, 0.25) is 0 Å². The minimum Gasteiger partial charge on any atom is -0.333 e. The molecule has 1 aliphatic rings. The van der Waals surface area contributed by atoms with Gasteiger partial charge in [0.25, 0.3) is 5.91 Å². The van der Waals surface area contributed by atoms with Crippen molar-refractivity contribution in [1.82, 2.24) is 20.1 Å². The van der Waals surface area contributed by atoms with Crippen LogP contribution < -0.4 is 0 Å². The first kappa shape index (κ1) is 12.1. The second-order valence-corrected chi connectivity index (χ2v) is 5.12. The molecule has 1 saturated carbocycles. The smallest absolute Gasteiger partial charge is 0.291 e. The summed E-state index contributed by atoms with van der Waals surface area (Å²) in [6, 6.07) is 0.384. The topological polar surface area (TPSA) is 61.9 Å². The number of hydrogen-bond donors (Lipinski definition) is 1. The predicted octanol–water partition coefficient (Wildman–Crippen LogP) is 1.85. The predicted molar refractivity (Wildman–Crippen MR) is 64.5 cm³/mol. The molecule has 1 amide bonds. The van der Waals surface area contributed by atoms with Crippen LogP contribution in [0.25, 0.3) is 0 Å². The van der Waals surface area contributed by atoms with Crippen molar-refractivity contribution < 1.29 is 4.79 Å². The molecular weight excluding hydrogens is 216 g/mol. The van der Waals surface area contributed by atoms with Gasteiger partial charge in [-0.3, -0.25) is 9.89 Å². The number of carbonyl (C=O) groups is 1. The van der Waals surface area contributed by atoms with Crippen LogP contribution in [0.4, 0.5) is 0 Å². The highest BCUT2D eigenvalue weighted by atomic mass is 16.2. The number of hydrogen-bond acceptors (Lipinski definition) is 3. The summed E-state index contributed by atoms with van der Waals surface area (Å²) in [5.41, 5.74) is 0. The van der Waals surface area contributed by atoms with Crippen LogP contribution >= 0.6 is 0 Å². The first-order chi connectivity index (χ1) is 8.18. The molecule has 1 heterocycles. The molecule has 2 rings (SSSR count). The Morgan fingerprint density at radius 1 is 1.53 bits per heavy atom. The normalized spacial score (nSPS) is 16.6. The summed E-state index contributed by atoms with van der Waals surface area (Å²) >= 11 is 0. The average molecular weight is 236 g/mol. The van der Waals surface area contributed by atoms with Gasteiger partial charge in [-0.2, -0.15) is 5.10 Å². The first-order valence-electron chi connectivity index (χ1n) is 6.35. The van der Waals surface area contributed by atoms with Gasteiger partial charge in [0.2, 0.25) is 5.82 Å². The number of amides is 1. The summed E-state index contributed by atoms with van der Waals surface area (Å²) < 4.78 is 0. The van der Waals surface area contributed by atoms with E-state index in [-0.39, 0.29) is 5.91 Å². The molecule has 0 aromatic carbocycles. The zero-order chi connectivity index (χ0) is 12.3. The molecule has 1 aromatic rings. The molecule has 0 atom stereocenters. The van der Waals surface area contributed by atoms with Crippen LogP contribution in [0, 0.1) is 5.92 Å². The second-order valence-electron chi connectivity index (χ2n) is 5.12. The summed E-state index contributed by atoms with van der Waals surface area (Å²) in [7, 11) is 0. The van der Waals surface area contributed by atoms with Gasteiger partial charge in [-0.05, 0) is 18.8 Å². The van der Waals surface area contributed by atoms with E-state index >= 15 is 0 Å². The fraction of sp³-hybridized carbons (Fsp3) is 0.750. The van der Waals surface area contributed by atoms with Crippen LogP contribution in [0.1, 0.15) is 50.1 Å². The van der Waals surface area contributed by atoms with Crippen LogP contribution in [0.3, 0.4) is 0 Å². The maximum atomic E-state index is 12.3. The Morgan fingerprint density at radius 3 is 2.76 bits per heavy atom. The minimum atomic E-state index is -0.0110. The third kappa shape index (κ3) is 2.84. The van der Waals surface area contributed by atoms with E-state index < -0.39 is 0 Å². The Morgan fingerprint density at radius 2 is 2.24 bits per heavy atom. The van der Waals surface area contributed by atoms with E-state index in [2.05, 4.69) is 29.0 Å². The van der Waals surface area contributed by atoms with Gasteiger partial charge in [0.05, 0.1) is 0 Å². The van der Waals surface area contributed by atoms with Crippen LogP contribution in [0.5, 0.6) is 0 Å². The number of carbonyl (C=O) groups excluding carboxylic acids is 1. The quantitative estimate of drug-likeness (QED) is 0.867. The van der Waals surface area contributed by atoms with E-state index in [4.69, 9.17) is 0 Å². The molecule has 0 aliphatic heterocycles. The van der Waals surface area contributed by atoms with Gasteiger partial charge in [0.15, 0.2) is 0 Å². The lowest BCUT2D eigenvalue weighted by atomic mass is 10.1. The Labute approximate surface area is 102 Å². The molecule has 5 heteroatoms. The van der Waals surface area contributed by atoms with Gasteiger partial charge in [0.1, 0.15) is 6.33 Å². The van der Waals surface area contributed by atoms with Crippen LogP contribution in [-0.2, 0) is 0 Å². The molecule has 17 heavy (non-hydrogen) atoms. The van der Waals surface area contributed by atoms with Crippen molar-refractivity contribution in [3.05, 3.63) is 12.2 Å². The molecule has 1 aliphatic carbocycles. The highest BCUT2D eigenvalue weighted by molar-refractivity contribution is 5.90. The van der Waals surface area contributed by atoms with Gasteiger partial charge in [0, 0.05) is 12.6 Å². The molecule has 5 nitrogen and oxygen atoms in total. The molecule has 0 spiro atoms. The van der Waals surface area contributed by atoms with Crippen LogP contribution in [0.15, 0.2) is 6.33 Å². The highest BCUT2D eigenvalue weighted by Crippen LogP contribution is 2.25. The summed E-state index contributed by atoms with van der Waals surface area (Å²) in [6.45, 7) is 5.06. The van der Waals surface area contributed by atoms with Gasteiger partial charge >= 0.3 is 0 Å². The molecule has 94 valence electrons. The van der Waals surface area contributed by atoms with E-state index in [9.17, 15) is 4.79 Å². The van der Waals surface area contributed by atoms with Gasteiger partial charge < -0.3 is 4.90 Å². The van der Waals surface area contributed by atoms with E-state index in [1.54, 1.807) is 0 Å². The molecule has 1 fully saturated rings. The number of nitrogens with one attached hydrogen (secondary N) is 1. The molecular formula is C12H20N4O. The molecule has 1 aromatic heterocycles. The zero-order valence-corrected chi connectivity index (χ0v) is 10.5. The Kier molecular flexibility index (Phi) is 3.76. The third-order valence-corrected chi connectivity index (χ3v) is 3.21. The standard InChI is InChI=1S/C12H20N4O/c1-9(2)7-16(10-5-3-4-6-10)12(17)11-13-8-14-15-11/h8-10H,3-7H2,1-2H3,(H,13,14,15). The van der Waals surface area contributed by atoms with E-state index in [1.807, 2.05) is 4.90 Å². The van der Waals surface area contributed by atoms with Crippen molar-refractivity contribution in [2.45, 2.75) is 45.6 Å². The van der Waals surface area contributed by atoms with Crippen molar-refractivity contribution in [2.24, 2.45) is 5.92 Å². The molecule has 0 saturated heterocycles. The summed E-state index contributed by atoms with van der Waals surface area (Å²) in [5, 5.41) is 6.41. The number of nitrogens with zero attached hydrogens (tertiary/aromatic N) is 3. The fourth-order valence-corrected chi connectivity index (χ4v) is 2.45. The Hall–Kier alpha value is -1.39. The second kappa shape index (κ2) is 5.29. The van der Waals surface area contributed by atoms with E-state index in [1.165, 1.54) is 19.2 Å². The number of H-pyrrole nitrogens is 1. The third-order valence-electron chi connectivity index (χ3n) is 3.21. The van der Waals surface area contributed by atoms with Gasteiger partial charge in [-0.1, -0.05) is 26.7 Å². The molecule has 0 radical (unpaired) electrons. The Bertz CT molecular complexity index is 355. The lowest BCUT2D eigenvalue weighted by Crippen LogP contribution is -2.41. The van der Waals surface area contributed by atoms with E-state index in [0.717, 1.165) is 19.4 Å². The molecule has 0 bridgehead atoms. The largest absolute Gasteiger partial charge is 0.333 e. The first-order valence-corrected chi connectivity index (χ1v) is 6.35. The monoisotopic (exact) mass is 236 g/mol. The SMILES string of the molecule is CC(C)CN(C(=O)c1ncn[nH]1)C1CCCC1.